The molecule has 0 aromatic rings. The molecule has 1 fully saturated rings. The predicted octanol–water partition coefficient (Wildman–Crippen LogP) is 3.40. The van der Waals surface area contributed by atoms with E-state index < -0.39 is 16.8 Å². The van der Waals surface area contributed by atoms with E-state index in [1.807, 2.05) is 13.0 Å². The van der Waals surface area contributed by atoms with E-state index in [-0.39, 0.29) is 30.1 Å². The summed E-state index contributed by atoms with van der Waals surface area (Å²) in [6, 6.07) is 0. The first kappa shape index (κ1) is 19.6. The van der Waals surface area contributed by atoms with E-state index in [0.29, 0.717) is 19.3 Å². The molecule has 2 bridgehead atoms. The van der Waals surface area contributed by atoms with E-state index >= 15 is 0 Å². The number of rotatable bonds is 1. The Morgan fingerprint density at radius 3 is 2.46 bits per heavy atom. The van der Waals surface area contributed by atoms with E-state index in [9.17, 15) is 15.0 Å². The summed E-state index contributed by atoms with van der Waals surface area (Å²) in [5.74, 6) is 0.542. The van der Waals surface area contributed by atoms with Crippen molar-refractivity contribution in [3.05, 3.63) is 12.2 Å². The lowest BCUT2D eigenvalue weighted by Gasteiger charge is -2.49. The number of carbonyl (C=O) groups is 1. The highest BCUT2D eigenvalue weighted by atomic mass is 16.5. The summed E-state index contributed by atoms with van der Waals surface area (Å²) in [5.41, 5.74) is -2.50. The van der Waals surface area contributed by atoms with Gasteiger partial charge in [0.1, 0.15) is 5.78 Å². The number of aliphatic hydroxyl groups is 2. The van der Waals surface area contributed by atoms with Crippen molar-refractivity contribution in [2.75, 3.05) is 0 Å². The molecule has 0 amide bonds. The molecule has 0 aliphatic carbocycles. The predicted molar refractivity (Wildman–Crippen MR) is 94.7 cm³/mol. The number of fused-ring (bicyclic) bond motifs is 2. The smallest absolute Gasteiger partial charge is 0.136 e. The second kappa shape index (κ2) is 6.89. The molecular weight excluding hydrogens is 304 g/mol. The van der Waals surface area contributed by atoms with Crippen LogP contribution in [0.4, 0.5) is 0 Å². The maximum atomic E-state index is 12.2. The van der Waals surface area contributed by atoms with E-state index in [0.717, 1.165) is 12.8 Å². The Kier molecular flexibility index (Phi) is 5.63. The van der Waals surface area contributed by atoms with Gasteiger partial charge in [-0.1, -0.05) is 32.9 Å². The van der Waals surface area contributed by atoms with Crippen molar-refractivity contribution in [1.29, 1.82) is 0 Å². The molecule has 0 unspecified atom stereocenters. The molecule has 1 saturated heterocycles. The molecule has 0 radical (unpaired) electrons. The molecule has 5 atom stereocenters. The summed E-state index contributed by atoms with van der Waals surface area (Å²) in [6.45, 7) is 9.80. The minimum absolute atomic E-state index is 0.0918. The molecule has 138 valence electrons. The topological polar surface area (TPSA) is 66.8 Å². The summed E-state index contributed by atoms with van der Waals surface area (Å²) in [4.78, 5) is 12.2. The Hall–Kier alpha value is -0.710. The van der Waals surface area contributed by atoms with Gasteiger partial charge in [-0.2, -0.15) is 0 Å². The highest BCUT2D eigenvalue weighted by Gasteiger charge is 2.47. The van der Waals surface area contributed by atoms with Crippen LogP contribution in [0.15, 0.2) is 12.2 Å². The molecular formula is C20H34O4. The SMILES string of the molecule is CC(C)[C@@]12/C=C/[C@@](C)(O)CC(=O)C[C@@H](C)CC[C@H](O1)[C@](C)(O)CC2. The summed E-state index contributed by atoms with van der Waals surface area (Å²) >= 11 is 0. The number of hydrogen-bond donors (Lipinski definition) is 2. The second-order valence-electron chi connectivity index (χ2n) is 8.87. The molecule has 2 heterocycles. The van der Waals surface area contributed by atoms with Crippen LogP contribution in [0.5, 0.6) is 0 Å². The quantitative estimate of drug-likeness (QED) is 0.719. The van der Waals surface area contributed by atoms with Gasteiger partial charge in [-0.05, 0) is 51.4 Å². The molecule has 2 N–H and O–H groups in total. The fraction of sp³-hybridized carbons (Fsp3) is 0.850. The zero-order valence-electron chi connectivity index (χ0n) is 15.8. The van der Waals surface area contributed by atoms with Crippen molar-refractivity contribution in [2.45, 2.75) is 96.1 Å². The van der Waals surface area contributed by atoms with Crippen LogP contribution in [0.1, 0.15) is 73.1 Å². The third-order valence-electron chi connectivity index (χ3n) is 5.83. The molecule has 0 aromatic carbocycles. The Balaban J connectivity index is 2.39. The van der Waals surface area contributed by atoms with Gasteiger partial charge in [0.05, 0.1) is 22.9 Å². The fourth-order valence-electron chi connectivity index (χ4n) is 3.95. The lowest BCUT2D eigenvalue weighted by atomic mass is 9.74. The van der Waals surface area contributed by atoms with Gasteiger partial charge in [0, 0.05) is 12.8 Å². The van der Waals surface area contributed by atoms with Crippen LogP contribution in [-0.2, 0) is 9.53 Å². The van der Waals surface area contributed by atoms with Gasteiger partial charge in [0.2, 0.25) is 0 Å². The lowest BCUT2D eigenvalue weighted by molar-refractivity contribution is -0.212. The Bertz CT molecular complexity index is 492. The average molecular weight is 338 g/mol. The van der Waals surface area contributed by atoms with E-state index in [4.69, 9.17) is 4.74 Å². The van der Waals surface area contributed by atoms with Gasteiger partial charge >= 0.3 is 0 Å². The number of ketones is 1. The summed E-state index contributed by atoms with van der Waals surface area (Å²) in [6.07, 6.45) is 7.01. The van der Waals surface area contributed by atoms with Crippen molar-refractivity contribution in [2.24, 2.45) is 11.8 Å². The molecule has 2 aliphatic rings. The van der Waals surface area contributed by atoms with Crippen LogP contribution in [-0.4, -0.2) is 38.9 Å². The van der Waals surface area contributed by atoms with Gasteiger partial charge in [0.15, 0.2) is 0 Å². The van der Waals surface area contributed by atoms with Gasteiger partial charge in [-0.3, -0.25) is 4.79 Å². The average Bonchev–Trinajstić information content (AvgIpc) is 2.43. The van der Waals surface area contributed by atoms with Crippen molar-refractivity contribution in [1.82, 2.24) is 0 Å². The van der Waals surface area contributed by atoms with Crippen LogP contribution in [0.3, 0.4) is 0 Å². The molecule has 24 heavy (non-hydrogen) atoms. The number of hydrogen-bond acceptors (Lipinski definition) is 4. The minimum Gasteiger partial charge on any atom is -0.387 e. The third kappa shape index (κ3) is 4.47. The molecule has 4 nitrogen and oxygen atoms in total. The molecule has 0 spiro atoms. The second-order valence-corrected chi connectivity index (χ2v) is 8.87. The van der Waals surface area contributed by atoms with E-state index in [2.05, 4.69) is 20.8 Å². The maximum absolute atomic E-state index is 12.2. The van der Waals surface area contributed by atoms with Gasteiger partial charge in [-0.15, -0.1) is 0 Å². The first-order valence-electron chi connectivity index (χ1n) is 9.30. The van der Waals surface area contributed by atoms with Crippen molar-refractivity contribution in [3.8, 4) is 0 Å². The molecule has 0 aromatic heterocycles. The van der Waals surface area contributed by atoms with Gasteiger partial charge < -0.3 is 14.9 Å². The zero-order chi connectivity index (χ0) is 18.2. The highest BCUT2D eigenvalue weighted by Crippen LogP contribution is 2.43. The summed E-state index contributed by atoms with van der Waals surface area (Å²) < 4.78 is 6.46. The van der Waals surface area contributed by atoms with Crippen LogP contribution < -0.4 is 0 Å². The Morgan fingerprint density at radius 1 is 1.17 bits per heavy atom. The van der Waals surface area contributed by atoms with Crippen LogP contribution in [0.2, 0.25) is 0 Å². The maximum Gasteiger partial charge on any atom is 0.136 e. The summed E-state index contributed by atoms with van der Waals surface area (Å²) in [5, 5.41) is 21.4. The normalized spacial score (nSPS) is 46.2. The van der Waals surface area contributed by atoms with Gasteiger partial charge in [-0.25, -0.2) is 0 Å². The first-order valence-corrected chi connectivity index (χ1v) is 9.30. The third-order valence-corrected chi connectivity index (χ3v) is 5.83. The molecule has 2 rings (SSSR count). The van der Waals surface area contributed by atoms with Crippen molar-refractivity contribution >= 4 is 5.78 Å². The number of carbonyl (C=O) groups excluding carboxylic acids is 1. The standard InChI is InChI=1S/C20H34O4/c1-14(2)20-10-8-18(4,22)13-16(21)12-15(3)6-7-17(24-20)19(5,23)9-11-20/h8,10,14-15,17,22-23H,6-7,9,11-13H2,1-5H3/b10-8+/t15-,17-,18+,19+,20-/m0/s1. The molecule has 2 aliphatic heterocycles. The first-order chi connectivity index (χ1) is 11.0. The molecule has 0 saturated carbocycles. The Morgan fingerprint density at radius 2 is 1.83 bits per heavy atom. The molecule has 4 heteroatoms. The van der Waals surface area contributed by atoms with E-state index in [1.165, 1.54) is 0 Å². The summed E-state index contributed by atoms with van der Waals surface area (Å²) in [7, 11) is 0. The van der Waals surface area contributed by atoms with Gasteiger partial charge in [0.25, 0.3) is 0 Å². The van der Waals surface area contributed by atoms with Crippen LogP contribution in [0.25, 0.3) is 0 Å². The van der Waals surface area contributed by atoms with Crippen molar-refractivity contribution in [3.63, 3.8) is 0 Å². The highest BCUT2D eigenvalue weighted by molar-refractivity contribution is 5.79. The van der Waals surface area contributed by atoms with Crippen LogP contribution >= 0.6 is 0 Å². The lowest BCUT2D eigenvalue weighted by Crippen LogP contribution is -2.55. The largest absolute Gasteiger partial charge is 0.387 e. The fourth-order valence-corrected chi connectivity index (χ4v) is 3.95. The number of ether oxygens (including phenoxy) is 1. The monoisotopic (exact) mass is 338 g/mol. The number of Topliss-reactive ketones (excluding diaryl/α,β-unsaturated/α-hetero) is 1. The van der Waals surface area contributed by atoms with Crippen molar-refractivity contribution < 1.29 is 19.7 Å². The Labute approximate surface area is 146 Å². The van der Waals surface area contributed by atoms with E-state index in [1.54, 1.807) is 13.0 Å². The minimum atomic E-state index is -1.16. The van der Waals surface area contributed by atoms with Crippen LogP contribution in [0, 0.1) is 11.8 Å². The zero-order valence-corrected chi connectivity index (χ0v) is 15.8.